The van der Waals surface area contributed by atoms with Crippen LogP contribution in [0.2, 0.25) is 5.02 Å². The van der Waals surface area contributed by atoms with Crippen LogP contribution >= 0.6 is 11.6 Å². The first-order chi connectivity index (χ1) is 18.3. The largest absolute Gasteiger partial charge is 0.506 e. The lowest BCUT2D eigenvalue weighted by Gasteiger charge is -2.17. The molecule has 0 radical (unpaired) electrons. The minimum absolute atomic E-state index is 0.121. The highest BCUT2D eigenvalue weighted by atomic mass is 35.5. The van der Waals surface area contributed by atoms with E-state index in [9.17, 15) is 14.3 Å². The monoisotopic (exact) mass is 527 g/mol. The third kappa shape index (κ3) is 3.75. The SMILES string of the molecule is CC(c1oc2ccccc2c(=O)c1-c1cccc(F)c1)n1nc(-c2ccc(Cl)c(O)c2)c2c(N)ncnc21. The smallest absolute Gasteiger partial charge is 0.200 e. The van der Waals surface area contributed by atoms with E-state index in [-0.39, 0.29) is 33.3 Å². The average Bonchev–Trinajstić information content (AvgIpc) is 3.31. The van der Waals surface area contributed by atoms with Crippen molar-refractivity contribution < 1.29 is 13.9 Å². The van der Waals surface area contributed by atoms with Crippen LogP contribution in [0.4, 0.5) is 10.2 Å². The lowest BCUT2D eigenvalue weighted by molar-refractivity contribution is 0.445. The number of benzene rings is 3. The van der Waals surface area contributed by atoms with Crippen LogP contribution in [-0.2, 0) is 0 Å². The summed E-state index contributed by atoms with van der Waals surface area (Å²) in [6.07, 6.45) is 1.32. The summed E-state index contributed by atoms with van der Waals surface area (Å²) in [5.74, 6) is -0.151. The molecule has 1 atom stereocenters. The number of nitrogen functional groups attached to an aromatic ring is 1. The molecule has 0 aliphatic carbocycles. The standard InChI is InChI=1S/C28H19ClFN5O3/c1-14(26-22(15-5-4-6-17(30)11-15)25(37)18-7-2-3-8-21(18)38-26)35-28-23(27(31)32-13-33-28)24(34-35)16-9-10-19(29)20(36)12-16/h2-14,36H,1H3,(H2,31,32,33). The summed E-state index contributed by atoms with van der Waals surface area (Å²) in [4.78, 5) is 22.2. The Morgan fingerprint density at radius 2 is 1.87 bits per heavy atom. The second-order valence-corrected chi connectivity index (χ2v) is 9.18. The Bertz CT molecular complexity index is 1930. The van der Waals surface area contributed by atoms with Crippen molar-refractivity contribution in [2.24, 2.45) is 0 Å². The molecule has 3 aromatic carbocycles. The molecule has 0 bridgehead atoms. The van der Waals surface area contributed by atoms with Crippen LogP contribution < -0.4 is 11.2 Å². The molecule has 0 aliphatic heterocycles. The summed E-state index contributed by atoms with van der Waals surface area (Å²) in [5, 5.41) is 16.0. The molecule has 188 valence electrons. The molecule has 38 heavy (non-hydrogen) atoms. The van der Waals surface area contributed by atoms with E-state index in [4.69, 9.17) is 26.9 Å². The van der Waals surface area contributed by atoms with Crippen LogP contribution in [0.15, 0.2) is 82.3 Å². The second-order valence-electron chi connectivity index (χ2n) is 8.77. The van der Waals surface area contributed by atoms with Gasteiger partial charge in [0.1, 0.15) is 46.8 Å². The van der Waals surface area contributed by atoms with E-state index >= 15 is 0 Å². The number of hydrogen-bond donors (Lipinski definition) is 2. The van der Waals surface area contributed by atoms with Crippen LogP contribution in [0.1, 0.15) is 18.7 Å². The molecule has 0 spiro atoms. The van der Waals surface area contributed by atoms with Gasteiger partial charge in [-0.05, 0) is 48.9 Å². The van der Waals surface area contributed by atoms with E-state index in [1.807, 2.05) is 0 Å². The van der Waals surface area contributed by atoms with Crippen LogP contribution in [-0.4, -0.2) is 24.9 Å². The minimum atomic E-state index is -0.683. The molecule has 3 aromatic heterocycles. The van der Waals surface area contributed by atoms with Crippen molar-refractivity contribution in [3.63, 3.8) is 0 Å². The van der Waals surface area contributed by atoms with Crippen molar-refractivity contribution in [3.8, 4) is 28.1 Å². The number of anilines is 1. The Hall–Kier alpha value is -4.76. The van der Waals surface area contributed by atoms with Gasteiger partial charge < -0.3 is 15.3 Å². The van der Waals surface area contributed by atoms with Crippen molar-refractivity contribution >= 4 is 39.4 Å². The van der Waals surface area contributed by atoms with E-state index in [1.54, 1.807) is 54.1 Å². The number of aromatic nitrogens is 4. The summed E-state index contributed by atoms with van der Waals surface area (Å²) in [5.41, 5.74) is 8.25. The number of rotatable bonds is 4. The molecule has 0 aliphatic rings. The van der Waals surface area contributed by atoms with E-state index in [0.29, 0.717) is 38.8 Å². The molecule has 0 amide bonds. The lowest BCUT2D eigenvalue weighted by Crippen LogP contribution is -2.16. The first-order valence-corrected chi connectivity index (χ1v) is 12.0. The summed E-state index contributed by atoms with van der Waals surface area (Å²) >= 11 is 6.01. The number of para-hydroxylation sites is 1. The van der Waals surface area contributed by atoms with Gasteiger partial charge in [0.15, 0.2) is 5.65 Å². The first-order valence-electron chi connectivity index (χ1n) is 11.6. The fraction of sp³-hybridized carbons (Fsp3) is 0.0714. The van der Waals surface area contributed by atoms with Gasteiger partial charge in [0, 0.05) is 5.56 Å². The van der Waals surface area contributed by atoms with Gasteiger partial charge in [0.25, 0.3) is 0 Å². The minimum Gasteiger partial charge on any atom is -0.506 e. The maximum absolute atomic E-state index is 14.2. The number of phenolic OH excluding ortho intramolecular Hbond substituents is 1. The fourth-order valence-corrected chi connectivity index (χ4v) is 4.73. The van der Waals surface area contributed by atoms with Gasteiger partial charge in [-0.2, -0.15) is 5.10 Å². The average molecular weight is 528 g/mol. The number of aromatic hydroxyl groups is 1. The van der Waals surface area contributed by atoms with Gasteiger partial charge in [0.2, 0.25) is 5.43 Å². The Morgan fingerprint density at radius 3 is 2.66 bits per heavy atom. The van der Waals surface area contributed by atoms with Crippen molar-refractivity contribution in [3.05, 3.63) is 99.9 Å². The first kappa shape index (κ1) is 23.6. The predicted octanol–water partition coefficient (Wildman–Crippen LogP) is 5.96. The summed E-state index contributed by atoms with van der Waals surface area (Å²) in [6.45, 7) is 1.80. The Labute approximate surface area is 219 Å². The Morgan fingerprint density at radius 1 is 1.05 bits per heavy atom. The summed E-state index contributed by atoms with van der Waals surface area (Å²) in [6, 6.07) is 16.7. The summed E-state index contributed by atoms with van der Waals surface area (Å²) < 4.78 is 22.1. The number of phenols is 1. The van der Waals surface area contributed by atoms with Crippen LogP contribution in [0.3, 0.4) is 0 Å². The van der Waals surface area contributed by atoms with E-state index in [2.05, 4.69) is 9.97 Å². The lowest BCUT2D eigenvalue weighted by atomic mass is 9.99. The van der Waals surface area contributed by atoms with Gasteiger partial charge in [-0.1, -0.05) is 41.9 Å². The third-order valence-corrected chi connectivity index (χ3v) is 6.74. The molecule has 10 heteroatoms. The van der Waals surface area contributed by atoms with Crippen molar-refractivity contribution in [1.82, 2.24) is 19.7 Å². The number of hydrogen-bond acceptors (Lipinski definition) is 7. The molecular formula is C28H19ClFN5O3. The van der Waals surface area contributed by atoms with Crippen molar-refractivity contribution in [2.45, 2.75) is 13.0 Å². The highest BCUT2D eigenvalue weighted by Crippen LogP contribution is 2.38. The Balaban J connectivity index is 1.64. The van der Waals surface area contributed by atoms with E-state index in [1.165, 1.54) is 30.6 Å². The second kappa shape index (κ2) is 8.97. The van der Waals surface area contributed by atoms with Gasteiger partial charge in [-0.25, -0.2) is 19.0 Å². The summed E-state index contributed by atoms with van der Waals surface area (Å²) in [7, 11) is 0. The molecule has 6 aromatic rings. The molecule has 3 heterocycles. The maximum Gasteiger partial charge on any atom is 0.200 e. The molecule has 8 nitrogen and oxygen atoms in total. The molecule has 0 saturated heterocycles. The highest BCUT2D eigenvalue weighted by Gasteiger charge is 2.27. The molecule has 3 N–H and O–H groups in total. The number of nitrogens with zero attached hydrogens (tertiary/aromatic N) is 4. The predicted molar refractivity (Wildman–Crippen MR) is 144 cm³/mol. The zero-order valence-electron chi connectivity index (χ0n) is 19.9. The van der Waals surface area contributed by atoms with Gasteiger partial charge >= 0.3 is 0 Å². The Kier molecular flexibility index (Phi) is 5.57. The van der Waals surface area contributed by atoms with Crippen molar-refractivity contribution in [1.29, 1.82) is 0 Å². The number of nitrogens with two attached hydrogens (primary N) is 1. The molecule has 0 fully saturated rings. The zero-order valence-corrected chi connectivity index (χ0v) is 20.6. The molecular weight excluding hydrogens is 509 g/mol. The topological polar surface area (TPSA) is 120 Å². The normalized spacial score (nSPS) is 12.3. The fourth-order valence-electron chi connectivity index (χ4n) is 4.61. The van der Waals surface area contributed by atoms with Crippen LogP contribution in [0.5, 0.6) is 5.75 Å². The third-order valence-electron chi connectivity index (χ3n) is 6.42. The van der Waals surface area contributed by atoms with Crippen LogP contribution in [0, 0.1) is 5.82 Å². The van der Waals surface area contributed by atoms with Gasteiger partial charge in [-0.3, -0.25) is 4.79 Å². The molecule has 6 rings (SSSR count). The molecule has 1 unspecified atom stereocenters. The van der Waals surface area contributed by atoms with Crippen molar-refractivity contribution in [2.75, 3.05) is 5.73 Å². The van der Waals surface area contributed by atoms with E-state index < -0.39 is 11.9 Å². The zero-order chi connectivity index (χ0) is 26.6. The number of halogens is 2. The van der Waals surface area contributed by atoms with E-state index in [0.717, 1.165) is 0 Å². The van der Waals surface area contributed by atoms with Crippen LogP contribution in [0.25, 0.3) is 44.4 Å². The van der Waals surface area contributed by atoms with Gasteiger partial charge in [0.05, 0.1) is 21.4 Å². The quantitative estimate of drug-likeness (QED) is 0.290. The van der Waals surface area contributed by atoms with Gasteiger partial charge in [-0.15, -0.1) is 0 Å². The number of fused-ring (bicyclic) bond motifs is 2. The highest BCUT2D eigenvalue weighted by molar-refractivity contribution is 6.32. The molecule has 0 saturated carbocycles. The maximum atomic E-state index is 14.2.